The number of ether oxygens (including phenoxy) is 3. The molecule has 0 fully saturated rings. The lowest BCUT2D eigenvalue weighted by atomic mass is 9.91. The van der Waals surface area contributed by atoms with E-state index in [0.717, 1.165) is 110 Å². The van der Waals surface area contributed by atoms with Gasteiger partial charge in [-0.25, -0.2) is 0 Å². The van der Waals surface area contributed by atoms with Crippen LogP contribution in [0.4, 0.5) is 0 Å². The number of unbranched alkanes of at least 4 members (excludes halogenated alkanes) is 19. The Bertz CT molecular complexity index is 862. The van der Waals surface area contributed by atoms with Crippen LogP contribution in [-0.4, -0.2) is 62.3 Å². The van der Waals surface area contributed by atoms with Gasteiger partial charge in [0.05, 0.1) is 19.8 Å². The first-order chi connectivity index (χ1) is 29.3. The van der Waals surface area contributed by atoms with E-state index in [2.05, 4.69) is 46.4 Å². The van der Waals surface area contributed by atoms with Crippen LogP contribution in [0.2, 0.25) is 0 Å². The third-order valence-corrected chi connectivity index (χ3v) is 12.8. The van der Waals surface area contributed by atoms with Crippen molar-refractivity contribution in [3.8, 4) is 0 Å². The fourth-order valence-corrected chi connectivity index (χ4v) is 8.68. The van der Waals surface area contributed by atoms with Crippen LogP contribution in [0.5, 0.6) is 0 Å². The van der Waals surface area contributed by atoms with E-state index in [1.54, 1.807) is 0 Å². The van der Waals surface area contributed by atoms with Crippen LogP contribution in [-0.2, 0) is 28.6 Å². The molecule has 0 aromatic carbocycles. The number of nitrogens with zero attached hydrogens (tertiary/aromatic N) is 1. The van der Waals surface area contributed by atoms with Crippen molar-refractivity contribution in [1.82, 2.24) is 4.90 Å². The smallest absolute Gasteiger partial charge is 0.306 e. The minimum atomic E-state index is -0.0200. The second-order valence-corrected chi connectivity index (χ2v) is 18.4. The van der Waals surface area contributed by atoms with E-state index in [1.807, 2.05) is 0 Å². The molecule has 0 aliphatic rings. The van der Waals surface area contributed by atoms with Crippen LogP contribution < -0.4 is 0 Å². The Kier molecular flexibility index (Phi) is 44.2. The molecular formula is C53H103NO6. The first-order valence-electron chi connectivity index (χ1n) is 26.5. The van der Waals surface area contributed by atoms with Gasteiger partial charge in [0, 0.05) is 19.3 Å². The lowest BCUT2D eigenvalue weighted by Gasteiger charge is -2.18. The van der Waals surface area contributed by atoms with Crippen LogP contribution in [0.25, 0.3) is 0 Å². The zero-order valence-electron chi connectivity index (χ0n) is 41.1. The average molecular weight is 850 g/mol. The van der Waals surface area contributed by atoms with Crippen molar-refractivity contribution < 1.29 is 28.6 Å². The van der Waals surface area contributed by atoms with Crippen LogP contribution in [0, 0.1) is 17.8 Å². The quantitative estimate of drug-likeness (QED) is 0.0343. The molecule has 0 aromatic rings. The number of esters is 3. The van der Waals surface area contributed by atoms with Crippen molar-refractivity contribution >= 4 is 17.9 Å². The number of hydrogen-bond donors (Lipinski definition) is 0. The highest BCUT2D eigenvalue weighted by Gasteiger charge is 2.17. The number of carbonyl (C=O) groups excluding carboxylic acids is 3. The van der Waals surface area contributed by atoms with Crippen molar-refractivity contribution in [3.05, 3.63) is 0 Å². The Morgan fingerprint density at radius 3 is 0.867 bits per heavy atom. The minimum Gasteiger partial charge on any atom is -0.466 e. The van der Waals surface area contributed by atoms with E-state index in [9.17, 15) is 14.4 Å². The molecule has 7 nitrogen and oxygen atoms in total. The maximum Gasteiger partial charge on any atom is 0.306 e. The number of rotatable bonds is 47. The van der Waals surface area contributed by atoms with E-state index < -0.39 is 0 Å². The molecule has 0 aromatic heterocycles. The van der Waals surface area contributed by atoms with Gasteiger partial charge in [-0.2, -0.15) is 0 Å². The van der Waals surface area contributed by atoms with E-state index in [4.69, 9.17) is 14.2 Å². The molecule has 60 heavy (non-hydrogen) atoms. The van der Waals surface area contributed by atoms with E-state index >= 15 is 0 Å². The highest BCUT2D eigenvalue weighted by atomic mass is 16.5. The summed E-state index contributed by atoms with van der Waals surface area (Å²) >= 11 is 0. The highest BCUT2D eigenvalue weighted by molar-refractivity contribution is 5.70. The van der Waals surface area contributed by atoms with Crippen molar-refractivity contribution in [2.75, 3.05) is 39.5 Å². The van der Waals surface area contributed by atoms with Crippen LogP contribution in [0.15, 0.2) is 0 Å². The second-order valence-electron chi connectivity index (χ2n) is 18.4. The van der Waals surface area contributed by atoms with Gasteiger partial charge in [0.15, 0.2) is 0 Å². The molecule has 356 valence electrons. The Hall–Kier alpha value is -1.63. The predicted molar refractivity (Wildman–Crippen MR) is 255 cm³/mol. The minimum absolute atomic E-state index is 0.00423. The molecule has 0 atom stereocenters. The molecule has 0 aliphatic heterocycles. The third-order valence-electron chi connectivity index (χ3n) is 12.8. The number of carbonyl (C=O) groups is 3. The van der Waals surface area contributed by atoms with Gasteiger partial charge >= 0.3 is 17.9 Å². The monoisotopic (exact) mass is 850 g/mol. The zero-order valence-corrected chi connectivity index (χ0v) is 41.1. The Labute approximate surface area is 373 Å². The van der Waals surface area contributed by atoms with Gasteiger partial charge in [-0.3, -0.25) is 14.4 Å². The van der Waals surface area contributed by atoms with Crippen molar-refractivity contribution in [3.63, 3.8) is 0 Å². The Morgan fingerprint density at radius 2 is 0.583 bits per heavy atom. The van der Waals surface area contributed by atoms with Crippen molar-refractivity contribution in [2.24, 2.45) is 17.8 Å². The van der Waals surface area contributed by atoms with Crippen molar-refractivity contribution in [2.45, 2.75) is 266 Å². The largest absolute Gasteiger partial charge is 0.466 e. The number of hydrogen-bond acceptors (Lipinski definition) is 7. The molecule has 0 N–H and O–H groups in total. The summed E-state index contributed by atoms with van der Waals surface area (Å²) in [6, 6.07) is 0. The van der Waals surface area contributed by atoms with Gasteiger partial charge in [0.2, 0.25) is 0 Å². The van der Waals surface area contributed by atoms with Crippen LogP contribution >= 0.6 is 0 Å². The molecule has 0 aliphatic carbocycles. The summed E-state index contributed by atoms with van der Waals surface area (Å²) in [4.78, 5) is 40.4. The Balaban J connectivity index is 4.48. The van der Waals surface area contributed by atoms with Gasteiger partial charge in [-0.05, 0) is 102 Å². The predicted octanol–water partition coefficient (Wildman–Crippen LogP) is 15.5. The first kappa shape index (κ1) is 58.4. The van der Waals surface area contributed by atoms with E-state index in [0.29, 0.717) is 56.8 Å². The molecule has 0 saturated heterocycles. The molecule has 0 unspecified atom stereocenters. The van der Waals surface area contributed by atoms with Gasteiger partial charge in [0.1, 0.15) is 0 Å². The maximum absolute atomic E-state index is 12.9. The summed E-state index contributed by atoms with van der Waals surface area (Å²) in [5.41, 5.74) is 0. The second kappa shape index (κ2) is 45.4. The maximum atomic E-state index is 12.9. The Morgan fingerprint density at radius 1 is 0.333 bits per heavy atom. The molecule has 0 spiro atoms. The molecule has 0 heterocycles. The van der Waals surface area contributed by atoms with Gasteiger partial charge < -0.3 is 19.1 Å². The van der Waals surface area contributed by atoms with E-state index in [-0.39, 0.29) is 17.9 Å². The summed E-state index contributed by atoms with van der Waals surface area (Å²) in [5, 5.41) is 0. The summed E-state index contributed by atoms with van der Waals surface area (Å²) < 4.78 is 17.1. The topological polar surface area (TPSA) is 82.1 Å². The lowest BCUT2D eigenvalue weighted by Crippen LogP contribution is -2.24. The summed E-state index contributed by atoms with van der Waals surface area (Å²) in [5.74, 6) is 1.36. The lowest BCUT2D eigenvalue weighted by molar-refractivity contribution is -0.146. The van der Waals surface area contributed by atoms with Gasteiger partial charge in [-0.15, -0.1) is 0 Å². The summed E-state index contributed by atoms with van der Waals surface area (Å²) in [6.07, 6.45) is 38.9. The van der Waals surface area contributed by atoms with Crippen LogP contribution in [0.3, 0.4) is 0 Å². The SMILES string of the molecule is CCCCCC(CCCCC)CC(=O)OCCCCCCCCC(CCCCCCCCOC(=O)CC(CCCCC)CCCCC)CC(=O)OCCCCN(CC)CC. The normalized spacial score (nSPS) is 11.7. The zero-order chi connectivity index (χ0) is 44.2. The fraction of sp³-hybridized carbons (Fsp3) is 0.943. The standard InChI is InChI=1S/C53H103NO6/c1-7-13-25-35-48(36-26-14-8-2)45-51(55)58-42-32-23-19-17-21-29-39-50(47-53(57)60-44-34-31-41-54(11-5)12-6)40-30-22-18-20-24-33-43-59-52(56)46-49(37-27-15-9-3)38-28-16-10-4/h48-50H,7-47H2,1-6H3. The molecule has 0 bridgehead atoms. The molecular weight excluding hydrogens is 747 g/mol. The van der Waals surface area contributed by atoms with Gasteiger partial charge in [-0.1, -0.05) is 183 Å². The fourth-order valence-electron chi connectivity index (χ4n) is 8.68. The third kappa shape index (κ3) is 39.2. The summed E-state index contributed by atoms with van der Waals surface area (Å²) in [7, 11) is 0. The highest BCUT2D eigenvalue weighted by Crippen LogP contribution is 2.25. The molecule has 7 heteroatoms. The molecule has 0 amide bonds. The molecule has 0 radical (unpaired) electrons. The van der Waals surface area contributed by atoms with Crippen LogP contribution in [0.1, 0.15) is 266 Å². The molecule has 0 saturated carbocycles. The molecule has 0 rings (SSSR count). The van der Waals surface area contributed by atoms with Crippen molar-refractivity contribution in [1.29, 1.82) is 0 Å². The summed E-state index contributed by atoms with van der Waals surface area (Å²) in [6.45, 7) is 18.2. The average Bonchev–Trinajstić information content (AvgIpc) is 3.23. The van der Waals surface area contributed by atoms with E-state index in [1.165, 1.54) is 116 Å². The first-order valence-corrected chi connectivity index (χ1v) is 26.5. The van der Waals surface area contributed by atoms with Gasteiger partial charge in [0.25, 0.3) is 0 Å².